The highest BCUT2D eigenvalue weighted by atomic mass is 35.5. The Morgan fingerprint density at radius 3 is 2.57 bits per heavy atom. The Bertz CT molecular complexity index is 1150. The lowest BCUT2D eigenvalue weighted by atomic mass is 10.2. The van der Waals surface area contributed by atoms with Gasteiger partial charge in [-0.2, -0.15) is 0 Å². The molecule has 8 nitrogen and oxygen atoms in total. The van der Waals surface area contributed by atoms with Crippen LogP contribution in [0, 0.1) is 0 Å². The van der Waals surface area contributed by atoms with E-state index in [1.54, 1.807) is 30.3 Å². The SMILES string of the molecule is COc1cc(OC)c(NC(=O)CCn2c(=O)[nH]c3ccccc3c2=O)cc1Cl. The lowest BCUT2D eigenvalue weighted by molar-refractivity contribution is -0.116. The van der Waals surface area contributed by atoms with Crippen LogP contribution in [0.25, 0.3) is 10.9 Å². The molecule has 0 bridgehead atoms. The minimum absolute atomic E-state index is 0.0724. The van der Waals surface area contributed by atoms with Crippen molar-refractivity contribution in [3.05, 3.63) is 62.3 Å². The summed E-state index contributed by atoms with van der Waals surface area (Å²) in [7, 11) is 2.92. The minimum atomic E-state index is -0.568. The molecule has 0 fully saturated rings. The van der Waals surface area contributed by atoms with Gasteiger partial charge in [0.1, 0.15) is 11.5 Å². The number of rotatable bonds is 6. The van der Waals surface area contributed by atoms with Crippen LogP contribution in [-0.4, -0.2) is 29.7 Å². The van der Waals surface area contributed by atoms with Crippen LogP contribution in [0.2, 0.25) is 5.02 Å². The Hall–Kier alpha value is -3.26. The average Bonchev–Trinajstić information content (AvgIpc) is 2.68. The molecule has 0 aliphatic carbocycles. The highest BCUT2D eigenvalue weighted by Gasteiger charge is 2.14. The number of aromatic nitrogens is 2. The second kappa shape index (κ2) is 8.18. The molecule has 146 valence electrons. The number of anilines is 1. The minimum Gasteiger partial charge on any atom is -0.495 e. The number of benzene rings is 2. The number of amides is 1. The normalized spacial score (nSPS) is 10.7. The van der Waals surface area contributed by atoms with Crippen LogP contribution in [0.3, 0.4) is 0 Å². The molecule has 28 heavy (non-hydrogen) atoms. The molecule has 0 unspecified atom stereocenters. The van der Waals surface area contributed by atoms with Gasteiger partial charge in [0.15, 0.2) is 0 Å². The van der Waals surface area contributed by atoms with Crippen molar-refractivity contribution in [2.24, 2.45) is 0 Å². The second-order valence-corrected chi connectivity index (χ2v) is 6.32. The summed E-state index contributed by atoms with van der Waals surface area (Å²) in [4.78, 5) is 39.6. The fourth-order valence-corrected chi connectivity index (χ4v) is 3.03. The summed E-state index contributed by atoms with van der Waals surface area (Å²) in [6.07, 6.45) is -0.0892. The van der Waals surface area contributed by atoms with Crippen LogP contribution in [0.4, 0.5) is 5.69 Å². The first-order valence-corrected chi connectivity index (χ1v) is 8.75. The molecule has 1 heterocycles. The molecule has 0 saturated carbocycles. The van der Waals surface area contributed by atoms with Gasteiger partial charge in [-0.3, -0.25) is 14.2 Å². The van der Waals surface area contributed by atoms with Crippen molar-refractivity contribution < 1.29 is 14.3 Å². The Kier molecular flexibility index (Phi) is 5.70. The first-order chi connectivity index (χ1) is 13.4. The highest BCUT2D eigenvalue weighted by molar-refractivity contribution is 6.32. The fraction of sp³-hybridized carbons (Fsp3) is 0.211. The maximum atomic E-state index is 12.5. The summed E-state index contributed by atoms with van der Waals surface area (Å²) in [5.41, 5.74) is -0.201. The van der Waals surface area contributed by atoms with Crippen LogP contribution >= 0.6 is 11.6 Å². The summed E-state index contributed by atoms with van der Waals surface area (Å²) in [5.74, 6) is 0.375. The number of carbonyl (C=O) groups is 1. The van der Waals surface area contributed by atoms with E-state index in [0.29, 0.717) is 33.1 Å². The molecule has 3 aromatic rings. The number of hydrogen-bond donors (Lipinski definition) is 2. The van der Waals surface area contributed by atoms with Crippen molar-refractivity contribution in [1.29, 1.82) is 0 Å². The van der Waals surface area contributed by atoms with Gasteiger partial charge in [0.25, 0.3) is 5.56 Å². The number of aromatic amines is 1. The molecule has 0 spiro atoms. The van der Waals surface area contributed by atoms with Gasteiger partial charge in [0.05, 0.1) is 35.8 Å². The molecule has 0 aliphatic rings. The van der Waals surface area contributed by atoms with Crippen LogP contribution in [0.15, 0.2) is 46.0 Å². The van der Waals surface area contributed by atoms with Crippen LogP contribution < -0.4 is 26.0 Å². The van der Waals surface area contributed by atoms with E-state index in [-0.39, 0.29) is 13.0 Å². The Labute approximate surface area is 164 Å². The van der Waals surface area contributed by atoms with E-state index in [1.807, 2.05) is 0 Å². The molecule has 0 saturated heterocycles. The third-order valence-electron chi connectivity index (χ3n) is 4.20. The van der Waals surface area contributed by atoms with E-state index in [4.69, 9.17) is 21.1 Å². The van der Waals surface area contributed by atoms with E-state index in [0.717, 1.165) is 4.57 Å². The van der Waals surface area contributed by atoms with E-state index in [2.05, 4.69) is 10.3 Å². The molecular weight excluding hydrogens is 386 g/mol. The predicted octanol–water partition coefficient (Wildman–Crippen LogP) is 2.39. The van der Waals surface area contributed by atoms with Gasteiger partial charge in [-0.25, -0.2) is 4.79 Å². The Balaban J connectivity index is 1.79. The summed E-state index contributed by atoms with van der Waals surface area (Å²) in [5, 5.41) is 3.36. The number of methoxy groups -OCH3 is 2. The molecule has 0 radical (unpaired) electrons. The first-order valence-electron chi connectivity index (χ1n) is 8.38. The molecule has 2 N–H and O–H groups in total. The van der Waals surface area contributed by atoms with Crippen molar-refractivity contribution in [3.63, 3.8) is 0 Å². The Morgan fingerprint density at radius 2 is 1.86 bits per heavy atom. The van der Waals surface area contributed by atoms with E-state index in [9.17, 15) is 14.4 Å². The van der Waals surface area contributed by atoms with Crippen LogP contribution in [-0.2, 0) is 11.3 Å². The number of halogens is 1. The van der Waals surface area contributed by atoms with Crippen molar-refractivity contribution in [3.8, 4) is 11.5 Å². The highest BCUT2D eigenvalue weighted by Crippen LogP contribution is 2.35. The number of carbonyl (C=O) groups excluding carboxylic acids is 1. The standard InChI is InChI=1S/C19H18ClN3O5/c1-27-15-10-16(28-2)14(9-12(15)20)21-17(24)7-8-23-18(25)11-5-3-4-6-13(11)22-19(23)26/h3-6,9-10H,7-8H2,1-2H3,(H,21,24)(H,22,26). The fourth-order valence-electron chi connectivity index (χ4n) is 2.79. The third-order valence-corrected chi connectivity index (χ3v) is 4.50. The second-order valence-electron chi connectivity index (χ2n) is 5.92. The molecule has 0 atom stereocenters. The zero-order valence-corrected chi connectivity index (χ0v) is 16.0. The molecule has 2 aromatic carbocycles. The molecule has 1 amide bonds. The number of H-pyrrole nitrogens is 1. The van der Waals surface area contributed by atoms with E-state index in [1.165, 1.54) is 20.3 Å². The van der Waals surface area contributed by atoms with Crippen molar-refractivity contribution in [2.75, 3.05) is 19.5 Å². The van der Waals surface area contributed by atoms with Crippen molar-refractivity contribution in [2.45, 2.75) is 13.0 Å². The van der Waals surface area contributed by atoms with Crippen molar-refractivity contribution in [1.82, 2.24) is 9.55 Å². The predicted molar refractivity (Wildman–Crippen MR) is 107 cm³/mol. The smallest absolute Gasteiger partial charge is 0.328 e. The van der Waals surface area contributed by atoms with Gasteiger partial charge in [-0.05, 0) is 18.2 Å². The number of fused-ring (bicyclic) bond motifs is 1. The van der Waals surface area contributed by atoms with Crippen molar-refractivity contribution >= 4 is 34.1 Å². The number of para-hydroxylation sites is 1. The lowest BCUT2D eigenvalue weighted by Gasteiger charge is -2.13. The van der Waals surface area contributed by atoms with E-state index < -0.39 is 17.2 Å². The summed E-state index contributed by atoms with van der Waals surface area (Å²) >= 11 is 6.09. The molecule has 3 rings (SSSR count). The maximum absolute atomic E-state index is 12.5. The number of hydrogen-bond acceptors (Lipinski definition) is 5. The maximum Gasteiger partial charge on any atom is 0.328 e. The largest absolute Gasteiger partial charge is 0.495 e. The molecule has 9 heteroatoms. The Morgan fingerprint density at radius 1 is 1.14 bits per heavy atom. The van der Waals surface area contributed by atoms with Gasteiger partial charge in [0.2, 0.25) is 5.91 Å². The number of ether oxygens (including phenoxy) is 2. The zero-order valence-electron chi connectivity index (χ0n) is 15.2. The van der Waals surface area contributed by atoms with Gasteiger partial charge in [-0.1, -0.05) is 23.7 Å². The monoisotopic (exact) mass is 403 g/mol. The summed E-state index contributed by atoms with van der Waals surface area (Å²) in [6, 6.07) is 9.76. The van der Waals surface area contributed by atoms with Gasteiger partial charge < -0.3 is 19.8 Å². The van der Waals surface area contributed by atoms with Gasteiger partial charge in [-0.15, -0.1) is 0 Å². The average molecular weight is 404 g/mol. The lowest BCUT2D eigenvalue weighted by Crippen LogP contribution is -2.36. The third kappa shape index (κ3) is 3.86. The number of nitrogens with one attached hydrogen (secondary N) is 2. The molecule has 1 aromatic heterocycles. The van der Waals surface area contributed by atoms with Gasteiger partial charge in [0, 0.05) is 19.0 Å². The first kappa shape index (κ1) is 19.5. The summed E-state index contributed by atoms with van der Waals surface area (Å²) in [6.45, 7) is -0.0724. The van der Waals surface area contributed by atoms with Gasteiger partial charge >= 0.3 is 5.69 Å². The zero-order chi connectivity index (χ0) is 20.3. The summed E-state index contributed by atoms with van der Waals surface area (Å²) < 4.78 is 11.3. The van der Waals surface area contributed by atoms with Crippen LogP contribution in [0.5, 0.6) is 11.5 Å². The van der Waals surface area contributed by atoms with E-state index >= 15 is 0 Å². The molecule has 0 aliphatic heterocycles. The number of nitrogens with zero attached hydrogens (tertiary/aromatic N) is 1. The quantitative estimate of drug-likeness (QED) is 0.658. The topological polar surface area (TPSA) is 102 Å². The van der Waals surface area contributed by atoms with Crippen LogP contribution in [0.1, 0.15) is 6.42 Å². The molecular formula is C19H18ClN3O5.